The number of carboxylic acids is 1. The second-order valence-corrected chi connectivity index (χ2v) is 6.36. The van der Waals surface area contributed by atoms with Crippen LogP contribution in [0.5, 0.6) is 0 Å². The second-order valence-electron chi connectivity index (χ2n) is 6.36. The molecule has 0 spiro atoms. The van der Waals surface area contributed by atoms with Gasteiger partial charge in [-0.15, -0.1) is 0 Å². The Morgan fingerprint density at radius 2 is 1.78 bits per heavy atom. The van der Waals surface area contributed by atoms with E-state index in [1.165, 1.54) is 0 Å². The number of hydrogen-bond donors (Lipinski definition) is 2. The van der Waals surface area contributed by atoms with Crippen LogP contribution in [0, 0.1) is 17.8 Å². The number of nitrogens with one attached hydrogen (secondary N) is 1. The molecule has 1 aromatic carbocycles. The van der Waals surface area contributed by atoms with E-state index in [1.54, 1.807) is 12.1 Å². The summed E-state index contributed by atoms with van der Waals surface area (Å²) in [5.74, 6) is -0.878. The summed E-state index contributed by atoms with van der Waals surface area (Å²) in [5, 5.41) is 12.5. The monoisotopic (exact) mass is 247 g/mol. The van der Waals surface area contributed by atoms with Gasteiger partial charge in [-0.2, -0.15) is 0 Å². The van der Waals surface area contributed by atoms with E-state index in [0.717, 1.165) is 11.3 Å². The summed E-state index contributed by atoms with van der Waals surface area (Å²) in [6.07, 6.45) is 0. The van der Waals surface area contributed by atoms with Crippen molar-refractivity contribution in [2.75, 3.05) is 5.32 Å². The number of aryl methyl sites for hydroxylation is 1. The molecule has 1 aliphatic carbocycles. The van der Waals surface area contributed by atoms with E-state index in [9.17, 15) is 4.79 Å². The van der Waals surface area contributed by atoms with Gasteiger partial charge in [-0.1, -0.05) is 27.7 Å². The molecule has 3 heteroatoms. The zero-order valence-electron chi connectivity index (χ0n) is 11.7. The van der Waals surface area contributed by atoms with Gasteiger partial charge in [0.25, 0.3) is 0 Å². The fourth-order valence-electron chi connectivity index (χ4n) is 2.67. The molecule has 18 heavy (non-hydrogen) atoms. The Balaban J connectivity index is 2.20. The Kier molecular flexibility index (Phi) is 2.69. The van der Waals surface area contributed by atoms with Crippen molar-refractivity contribution < 1.29 is 9.90 Å². The summed E-state index contributed by atoms with van der Waals surface area (Å²) in [7, 11) is 0. The van der Waals surface area contributed by atoms with Gasteiger partial charge in [0, 0.05) is 11.7 Å². The molecule has 1 saturated carbocycles. The summed E-state index contributed by atoms with van der Waals surface area (Å²) in [4.78, 5) is 10.9. The van der Waals surface area contributed by atoms with Crippen molar-refractivity contribution in [3.63, 3.8) is 0 Å². The van der Waals surface area contributed by atoms with E-state index in [4.69, 9.17) is 5.11 Å². The molecule has 0 heterocycles. The molecule has 2 rings (SSSR count). The topological polar surface area (TPSA) is 49.3 Å². The number of rotatable bonds is 3. The molecule has 1 aromatic rings. The van der Waals surface area contributed by atoms with Crippen molar-refractivity contribution in [3.05, 3.63) is 29.3 Å². The van der Waals surface area contributed by atoms with E-state index < -0.39 is 5.97 Å². The van der Waals surface area contributed by atoms with Crippen LogP contribution in [-0.4, -0.2) is 17.1 Å². The smallest absolute Gasteiger partial charge is 0.335 e. The Morgan fingerprint density at radius 3 is 2.17 bits per heavy atom. The van der Waals surface area contributed by atoms with Gasteiger partial charge in [-0.25, -0.2) is 4.79 Å². The molecule has 0 bridgehead atoms. The fraction of sp³-hybridized carbons (Fsp3) is 0.533. The molecule has 3 nitrogen and oxygen atoms in total. The van der Waals surface area contributed by atoms with Gasteiger partial charge in [-0.3, -0.25) is 0 Å². The molecular weight excluding hydrogens is 226 g/mol. The number of carboxylic acid groups (broad SMARTS) is 1. The summed E-state index contributed by atoms with van der Waals surface area (Å²) in [5.41, 5.74) is 2.89. The summed E-state index contributed by atoms with van der Waals surface area (Å²) in [6.45, 7) is 11.0. The van der Waals surface area contributed by atoms with Crippen LogP contribution >= 0.6 is 0 Å². The molecule has 1 aliphatic rings. The third kappa shape index (κ3) is 1.78. The van der Waals surface area contributed by atoms with E-state index in [0.29, 0.717) is 11.6 Å². The largest absolute Gasteiger partial charge is 0.478 e. The predicted molar refractivity (Wildman–Crippen MR) is 73.1 cm³/mol. The van der Waals surface area contributed by atoms with Crippen molar-refractivity contribution in [3.8, 4) is 0 Å². The standard InChI is InChI=1S/C15H21NO2/c1-9-8-10(12(17)18)6-7-11(9)16-13-14(2,3)15(13,4)5/h6-8,13,16H,1-5H3,(H,17,18). The first-order valence-electron chi connectivity index (χ1n) is 6.28. The highest BCUT2D eigenvalue weighted by molar-refractivity contribution is 5.88. The highest BCUT2D eigenvalue weighted by Gasteiger charge is 2.64. The van der Waals surface area contributed by atoms with E-state index in [1.807, 2.05) is 13.0 Å². The van der Waals surface area contributed by atoms with Crippen molar-refractivity contribution in [2.24, 2.45) is 10.8 Å². The van der Waals surface area contributed by atoms with Gasteiger partial charge < -0.3 is 10.4 Å². The molecule has 0 amide bonds. The Hall–Kier alpha value is -1.51. The van der Waals surface area contributed by atoms with Crippen LogP contribution in [0.4, 0.5) is 5.69 Å². The molecule has 0 aromatic heterocycles. The molecule has 0 aliphatic heterocycles. The average Bonchev–Trinajstić information content (AvgIpc) is 2.63. The van der Waals surface area contributed by atoms with Crippen molar-refractivity contribution >= 4 is 11.7 Å². The lowest BCUT2D eigenvalue weighted by Gasteiger charge is -2.12. The molecule has 0 radical (unpaired) electrons. The zero-order valence-corrected chi connectivity index (χ0v) is 11.7. The van der Waals surface area contributed by atoms with E-state index in [-0.39, 0.29) is 10.8 Å². The molecular formula is C15H21NO2. The Bertz CT molecular complexity index is 489. The maximum atomic E-state index is 10.9. The number of anilines is 1. The van der Waals surface area contributed by atoms with Gasteiger partial charge in [0.05, 0.1) is 5.56 Å². The number of carbonyl (C=O) groups is 1. The van der Waals surface area contributed by atoms with Crippen molar-refractivity contribution in [2.45, 2.75) is 40.7 Å². The first-order chi connectivity index (χ1) is 8.18. The van der Waals surface area contributed by atoms with Crippen LogP contribution in [0.3, 0.4) is 0 Å². The van der Waals surface area contributed by atoms with Crippen LogP contribution in [0.15, 0.2) is 18.2 Å². The van der Waals surface area contributed by atoms with Crippen molar-refractivity contribution in [1.29, 1.82) is 0 Å². The lowest BCUT2D eigenvalue weighted by Crippen LogP contribution is -2.11. The molecule has 0 atom stereocenters. The predicted octanol–water partition coefficient (Wildman–Crippen LogP) is 3.54. The number of benzene rings is 1. The van der Waals surface area contributed by atoms with Crippen LogP contribution in [0.25, 0.3) is 0 Å². The average molecular weight is 247 g/mol. The minimum absolute atomic E-state index is 0.269. The van der Waals surface area contributed by atoms with Gasteiger partial charge >= 0.3 is 5.97 Å². The van der Waals surface area contributed by atoms with Gasteiger partial charge in [0.15, 0.2) is 0 Å². The third-order valence-corrected chi connectivity index (χ3v) is 4.79. The zero-order chi connectivity index (χ0) is 13.7. The summed E-state index contributed by atoms with van der Waals surface area (Å²) >= 11 is 0. The third-order valence-electron chi connectivity index (χ3n) is 4.79. The number of hydrogen-bond acceptors (Lipinski definition) is 2. The summed E-state index contributed by atoms with van der Waals surface area (Å²) in [6, 6.07) is 5.66. The Morgan fingerprint density at radius 1 is 1.22 bits per heavy atom. The first-order valence-corrected chi connectivity index (χ1v) is 6.28. The fourth-order valence-corrected chi connectivity index (χ4v) is 2.67. The van der Waals surface area contributed by atoms with Crippen LogP contribution < -0.4 is 5.32 Å². The molecule has 98 valence electrons. The minimum atomic E-state index is -0.878. The van der Waals surface area contributed by atoms with Gasteiger partial charge in [0.2, 0.25) is 0 Å². The molecule has 1 fully saturated rings. The van der Waals surface area contributed by atoms with Crippen LogP contribution in [-0.2, 0) is 0 Å². The molecule has 0 unspecified atom stereocenters. The van der Waals surface area contributed by atoms with Crippen LogP contribution in [0.1, 0.15) is 43.6 Å². The van der Waals surface area contributed by atoms with Crippen molar-refractivity contribution in [1.82, 2.24) is 0 Å². The van der Waals surface area contributed by atoms with Gasteiger partial charge in [0.1, 0.15) is 0 Å². The second kappa shape index (κ2) is 3.74. The number of aromatic carboxylic acids is 1. The minimum Gasteiger partial charge on any atom is -0.478 e. The van der Waals surface area contributed by atoms with Gasteiger partial charge in [-0.05, 0) is 41.5 Å². The maximum Gasteiger partial charge on any atom is 0.335 e. The van der Waals surface area contributed by atoms with E-state index >= 15 is 0 Å². The maximum absolute atomic E-state index is 10.9. The normalized spacial score (nSPS) is 20.5. The highest BCUT2D eigenvalue weighted by atomic mass is 16.4. The Labute approximate surface area is 108 Å². The molecule has 0 saturated heterocycles. The lowest BCUT2D eigenvalue weighted by atomic mass is 10.0. The highest BCUT2D eigenvalue weighted by Crippen LogP contribution is 2.63. The quantitative estimate of drug-likeness (QED) is 0.859. The summed E-state index contributed by atoms with van der Waals surface area (Å²) < 4.78 is 0. The van der Waals surface area contributed by atoms with E-state index in [2.05, 4.69) is 33.0 Å². The SMILES string of the molecule is Cc1cc(C(=O)O)ccc1NC1C(C)(C)C1(C)C. The first kappa shape index (κ1) is 12.9. The van der Waals surface area contributed by atoms with Crippen LogP contribution in [0.2, 0.25) is 0 Å². The lowest BCUT2D eigenvalue weighted by molar-refractivity contribution is 0.0697. The molecule has 2 N–H and O–H groups in total.